The summed E-state index contributed by atoms with van der Waals surface area (Å²) in [6.07, 6.45) is 4.91. The van der Waals surface area contributed by atoms with Gasteiger partial charge in [-0.25, -0.2) is 9.97 Å². The Bertz CT molecular complexity index is 2240. The van der Waals surface area contributed by atoms with Crippen LogP contribution < -0.4 is 4.90 Å². The molecule has 1 aromatic heterocycles. The minimum Gasteiger partial charge on any atom is -0.321 e. The van der Waals surface area contributed by atoms with Crippen LogP contribution >= 0.6 is 0 Å². The molecule has 4 heteroatoms. The topological polar surface area (TPSA) is 41.4 Å². The molecular formula is C43H34N4. The molecule has 0 spiro atoms. The van der Waals surface area contributed by atoms with E-state index in [1.54, 1.807) is 0 Å². The number of nitrogens with zero attached hydrogens (tertiary/aromatic N) is 4. The van der Waals surface area contributed by atoms with Gasteiger partial charge in [-0.1, -0.05) is 140 Å². The highest BCUT2D eigenvalue weighted by Crippen LogP contribution is 2.37. The normalized spacial score (nSPS) is 17.5. The molecule has 7 aromatic rings. The van der Waals surface area contributed by atoms with E-state index in [0.717, 1.165) is 44.8 Å². The second kappa shape index (κ2) is 11.6. The molecule has 0 saturated heterocycles. The van der Waals surface area contributed by atoms with Gasteiger partial charge in [0.25, 0.3) is 0 Å². The van der Waals surface area contributed by atoms with Gasteiger partial charge in [0.1, 0.15) is 5.84 Å². The van der Waals surface area contributed by atoms with Crippen LogP contribution in [0.25, 0.3) is 55.4 Å². The van der Waals surface area contributed by atoms with Crippen LogP contribution in [0.5, 0.6) is 0 Å². The van der Waals surface area contributed by atoms with Crippen molar-refractivity contribution in [3.05, 3.63) is 151 Å². The maximum atomic E-state index is 5.29. The first kappa shape index (κ1) is 27.7. The second-order valence-corrected chi connectivity index (χ2v) is 12.7. The van der Waals surface area contributed by atoms with E-state index in [4.69, 9.17) is 15.0 Å². The Balaban J connectivity index is 1.07. The fourth-order valence-electron chi connectivity index (χ4n) is 7.47. The standard InChI is InChI=1S/C43H34N4/c1-3-12-33(13-4-1)42-45-40(37-28-27-31-11-7-8-16-36(31)41(37)46-42)32-23-19-29(20-24-32)30-21-25-34(26-22-30)43-44-38-17-9-10-18-39(38)47(43)35-14-5-2-6-15-35/h1-8,11-16,19-28,38-39H,9-10,17-18H2. The predicted molar refractivity (Wildman–Crippen MR) is 195 cm³/mol. The molecule has 6 aromatic carbocycles. The highest BCUT2D eigenvalue weighted by Gasteiger charge is 2.38. The maximum Gasteiger partial charge on any atom is 0.160 e. The summed E-state index contributed by atoms with van der Waals surface area (Å²) in [5.41, 5.74) is 8.79. The van der Waals surface area contributed by atoms with Gasteiger partial charge in [-0.15, -0.1) is 0 Å². The van der Waals surface area contributed by atoms with E-state index in [-0.39, 0.29) is 0 Å². The summed E-state index contributed by atoms with van der Waals surface area (Å²) in [6.45, 7) is 0. The molecule has 0 bridgehead atoms. The van der Waals surface area contributed by atoms with Gasteiger partial charge < -0.3 is 4.90 Å². The van der Waals surface area contributed by atoms with E-state index in [0.29, 0.717) is 12.1 Å². The zero-order chi connectivity index (χ0) is 31.2. The van der Waals surface area contributed by atoms with E-state index in [1.165, 1.54) is 53.4 Å². The summed E-state index contributed by atoms with van der Waals surface area (Å²) in [4.78, 5) is 18.0. The smallest absolute Gasteiger partial charge is 0.160 e. The van der Waals surface area contributed by atoms with Crippen LogP contribution in [-0.2, 0) is 0 Å². The minimum atomic E-state index is 0.379. The number of aromatic nitrogens is 2. The molecule has 9 rings (SSSR count). The summed E-state index contributed by atoms with van der Waals surface area (Å²) < 4.78 is 0. The van der Waals surface area contributed by atoms with Crippen LogP contribution in [0.4, 0.5) is 5.69 Å². The average molecular weight is 607 g/mol. The molecule has 2 aliphatic rings. The van der Waals surface area contributed by atoms with Crippen molar-refractivity contribution in [2.75, 3.05) is 4.90 Å². The molecule has 1 aliphatic heterocycles. The van der Waals surface area contributed by atoms with Gasteiger partial charge in [-0.3, -0.25) is 4.99 Å². The lowest BCUT2D eigenvalue weighted by Gasteiger charge is -2.33. The molecule has 2 heterocycles. The minimum absolute atomic E-state index is 0.379. The number of hydrogen-bond acceptors (Lipinski definition) is 4. The molecule has 4 nitrogen and oxygen atoms in total. The van der Waals surface area contributed by atoms with Gasteiger partial charge in [-0.2, -0.15) is 0 Å². The summed E-state index contributed by atoms with van der Waals surface area (Å²) >= 11 is 0. The first-order valence-corrected chi connectivity index (χ1v) is 16.7. The van der Waals surface area contributed by atoms with Gasteiger partial charge in [0.2, 0.25) is 0 Å². The number of para-hydroxylation sites is 1. The van der Waals surface area contributed by atoms with Crippen molar-refractivity contribution in [2.24, 2.45) is 4.99 Å². The molecule has 0 radical (unpaired) electrons. The van der Waals surface area contributed by atoms with E-state index in [1.807, 2.05) is 18.2 Å². The zero-order valence-corrected chi connectivity index (χ0v) is 26.1. The molecule has 47 heavy (non-hydrogen) atoms. The quantitative estimate of drug-likeness (QED) is 0.183. The van der Waals surface area contributed by atoms with Crippen LogP contribution in [-0.4, -0.2) is 27.9 Å². The second-order valence-electron chi connectivity index (χ2n) is 12.7. The zero-order valence-electron chi connectivity index (χ0n) is 26.1. The third-order valence-corrected chi connectivity index (χ3v) is 9.83. The maximum absolute atomic E-state index is 5.29. The van der Waals surface area contributed by atoms with Gasteiger partial charge in [0.15, 0.2) is 5.82 Å². The van der Waals surface area contributed by atoms with E-state index >= 15 is 0 Å². The van der Waals surface area contributed by atoms with Crippen molar-refractivity contribution in [2.45, 2.75) is 37.8 Å². The average Bonchev–Trinajstić information content (AvgIpc) is 3.55. The van der Waals surface area contributed by atoms with Gasteiger partial charge in [0, 0.05) is 33.2 Å². The number of anilines is 1. The number of fused-ring (bicyclic) bond motifs is 4. The van der Waals surface area contributed by atoms with Crippen molar-refractivity contribution < 1.29 is 0 Å². The Morgan fingerprint density at radius 1 is 0.489 bits per heavy atom. The molecular weight excluding hydrogens is 573 g/mol. The Kier molecular flexibility index (Phi) is 6.85. The van der Waals surface area contributed by atoms with Crippen LogP contribution in [0.3, 0.4) is 0 Å². The van der Waals surface area contributed by atoms with Crippen molar-refractivity contribution in [3.63, 3.8) is 0 Å². The lowest BCUT2D eigenvalue weighted by atomic mass is 9.90. The summed E-state index contributed by atoms with van der Waals surface area (Å²) in [7, 11) is 0. The van der Waals surface area contributed by atoms with Crippen molar-refractivity contribution >= 4 is 33.2 Å². The summed E-state index contributed by atoms with van der Waals surface area (Å²) in [5, 5.41) is 3.37. The lowest BCUT2D eigenvalue weighted by molar-refractivity contribution is 0.405. The molecule has 1 fully saturated rings. The van der Waals surface area contributed by atoms with Gasteiger partial charge >= 0.3 is 0 Å². The van der Waals surface area contributed by atoms with Crippen LogP contribution in [0.1, 0.15) is 31.2 Å². The van der Waals surface area contributed by atoms with Gasteiger partial charge in [-0.05, 0) is 47.6 Å². The molecule has 1 saturated carbocycles. The number of rotatable bonds is 5. The fourth-order valence-corrected chi connectivity index (χ4v) is 7.47. The molecule has 226 valence electrons. The predicted octanol–water partition coefficient (Wildman–Crippen LogP) is 10.4. The van der Waals surface area contributed by atoms with Crippen LogP contribution in [0.2, 0.25) is 0 Å². The Morgan fingerprint density at radius 2 is 1.13 bits per heavy atom. The molecule has 0 amide bonds. The number of hydrogen-bond donors (Lipinski definition) is 0. The number of benzene rings is 6. The molecule has 2 atom stereocenters. The van der Waals surface area contributed by atoms with E-state index < -0.39 is 0 Å². The van der Waals surface area contributed by atoms with E-state index in [9.17, 15) is 0 Å². The summed E-state index contributed by atoms with van der Waals surface area (Å²) in [5.74, 6) is 1.84. The third-order valence-electron chi connectivity index (χ3n) is 9.83. The monoisotopic (exact) mass is 606 g/mol. The number of aliphatic imine (C=N–C) groups is 1. The third kappa shape index (κ3) is 4.97. The first-order chi connectivity index (χ1) is 23.3. The number of amidine groups is 1. The SMILES string of the molecule is c1ccc(-c2nc(-c3ccc(-c4ccc(C5=NC6CCCCC6N5c5ccccc5)cc4)cc3)c3ccc4ccccc4c3n2)cc1. The summed E-state index contributed by atoms with van der Waals surface area (Å²) in [6, 6.07) is 52.4. The fraction of sp³-hybridized carbons (Fsp3) is 0.140. The van der Waals surface area contributed by atoms with Crippen molar-refractivity contribution in [3.8, 4) is 33.8 Å². The Hall–Kier alpha value is -5.61. The molecule has 2 unspecified atom stereocenters. The first-order valence-electron chi connectivity index (χ1n) is 16.7. The van der Waals surface area contributed by atoms with E-state index in [2.05, 4.69) is 132 Å². The lowest BCUT2D eigenvalue weighted by Crippen LogP contribution is -2.41. The molecule has 1 aliphatic carbocycles. The van der Waals surface area contributed by atoms with Crippen molar-refractivity contribution in [1.29, 1.82) is 0 Å². The largest absolute Gasteiger partial charge is 0.321 e. The Labute approximate surface area is 275 Å². The highest BCUT2D eigenvalue weighted by atomic mass is 15.3. The molecule has 0 N–H and O–H groups in total. The highest BCUT2D eigenvalue weighted by molar-refractivity contribution is 6.12. The van der Waals surface area contributed by atoms with Gasteiger partial charge in [0.05, 0.1) is 23.3 Å². The van der Waals surface area contributed by atoms with Crippen LogP contribution in [0.15, 0.2) is 151 Å². The van der Waals surface area contributed by atoms with Crippen LogP contribution in [0, 0.1) is 0 Å². The van der Waals surface area contributed by atoms with Crippen molar-refractivity contribution in [1.82, 2.24) is 9.97 Å². The Morgan fingerprint density at radius 3 is 1.89 bits per heavy atom.